The van der Waals surface area contributed by atoms with E-state index in [1.807, 2.05) is 30.3 Å². The molecule has 0 amide bonds. The van der Waals surface area contributed by atoms with Gasteiger partial charge in [-0.15, -0.1) is 17.6 Å². The third-order valence-electron chi connectivity index (χ3n) is 4.86. The van der Waals surface area contributed by atoms with Crippen LogP contribution in [0.4, 0.5) is 0 Å². The molecule has 1 aliphatic heterocycles. The summed E-state index contributed by atoms with van der Waals surface area (Å²) in [4.78, 5) is 62.1. The zero-order chi connectivity index (χ0) is 29.6. The molecule has 3 aromatic rings. The van der Waals surface area contributed by atoms with Gasteiger partial charge in [-0.2, -0.15) is 50.9 Å². The van der Waals surface area contributed by atoms with Gasteiger partial charge in [0, 0.05) is 12.6 Å². The van der Waals surface area contributed by atoms with E-state index in [0.717, 1.165) is 10.8 Å². The number of hydrogen-bond acceptors (Lipinski definition) is 10. The third kappa shape index (κ3) is 11.5. The van der Waals surface area contributed by atoms with Crippen LogP contribution in [0, 0.1) is 11.8 Å². The number of ether oxygens (including phenoxy) is 1. The van der Waals surface area contributed by atoms with Gasteiger partial charge in [0.25, 0.3) is 5.56 Å². The normalized spacial score (nSPS) is 21.2. The number of aromatic nitrogens is 2. The van der Waals surface area contributed by atoms with Crippen LogP contribution < -0.4 is 11.2 Å². The molecule has 20 heteroatoms. The fourth-order valence-electron chi connectivity index (χ4n) is 3.21. The van der Waals surface area contributed by atoms with Gasteiger partial charge in [-0.05, 0) is 0 Å². The van der Waals surface area contributed by atoms with Crippen molar-refractivity contribution in [3.63, 3.8) is 0 Å². The molecule has 1 fully saturated rings. The molecule has 1 saturated heterocycles. The van der Waals surface area contributed by atoms with Gasteiger partial charge in [-0.3, -0.25) is 18.9 Å². The van der Waals surface area contributed by atoms with E-state index in [9.17, 15) is 33.3 Å². The Kier molecular flexibility index (Phi) is 12.6. The number of rotatable bonds is 8. The molecule has 5 atom stereocenters. The predicted molar refractivity (Wildman–Crippen MR) is 136 cm³/mol. The van der Waals surface area contributed by atoms with Crippen LogP contribution in [-0.4, -0.2) is 53.0 Å². The molecule has 0 saturated carbocycles. The maximum atomic E-state index is 12.2. The zero-order valence-electron chi connectivity index (χ0n) is 20.5. The summed E-state index contributed by atoms with van der Waals surface area (Å²) in [6, 6.07) is 16.9. The molecule has 2 aromatic carbocycles. The first-order valence-electron chi connectivity index (χ1n) is 11.0. The Hall–Kier alpha value is -2.21. The van der Waals surface area contributed by atoms with Crippen LogP contribution in [0.25, 0.3) is 0 Å². The Morgan fingerprint density at radius 2 is 1.71 bits per heavy atom. The monoisotopic (exact) mass is 676 g/mol. The molecule has 0 spiro atoms. The van der Waals surface area contributed by atoms with Crippen LogP contribution in [0.2, 0.25) is 0 Å². The maximum absolute atomic E-state index is 12.2. The molecular weight excluding hydrogens is 653 g/mol. The molecular formula is C21H23FeN2O14P3. The van der Waals surface area contributed by atoms with Crippen LogP contribution >= 0.6 is 23.5 Å². The number of aromatic amines is 1. The number of hydrogen-bond donors (Lipinski definition) is 6. The average Bonchev–Trinajstić information content (AvgIpc) is 3.59. The second-order valence-electron chi connectivity index (χ2n) is 7.91. The van der Waals surface area contributed by atoms with Crippen LogP contribution in [0.5, 0.6) is 0 Å². The van der Waals surface area contributed by atoms with Gasteiger partial charge in [-0.25, -0.2) is 30.6 Å². The summed E-state index contributed by atoms with van der Waals surface area (Å²) >= 11 is 0. The fraction of sp³-hybridized carbons (Fsp3) is 0.238. The van der Waals surface area contributed by atoms with Gasteiger partial charge in [-0.1, -0.05) is 0 Å². The van der Waals surface area contributed by atoms with E-state index in [2.05, 4.69) is 30.0 Å². The molecule has 16 nitrogen and oxygen atoms in total. The van der Waals surface area contributed by atoms with E-state index in [1.54, 1.807) is 24.3 Å². The molecule has 0 radical (unpaired) electrons. The topological polar surface area (TPSA) is 244 Å². The average molecular weight is 676 g/mol. The minimum atomic E-state index is -5.71. The molecule has 4 rings (SSSR count). The zero-order valence-corrected chi connectivity index (χ0v) is 24.3. The SMILES string of the molecule is O=c1[nH]c(=O)n(C2CC(O)C(COP(=O)(O)OP(=O)(O)OP(=O)(O)O)O2)cc1C#Cc1ccc[cH-]1.[Fe+2].c1cc[cH-]c1. The molecule has 5 unspecified atom stereocenters. The first kappa shape index (κ1) is 35.0. The van der Waals surface area contributed by atoms with E-state index in [1.165, 1.54) is 0 Å². The summed E-state index contributed by atoms with van der Waals surface area (Å²) in [6.07, 6.45) is -3.01. The smallest absolute Gasteiger partial charge is 0.390 e. The molecule has 1 aromatic heterocycles. The van der Waals surface area contributed by atoms with Crippen LogP contribution in [-0.2, 0) is 48.6 Å². The van der Waals surface area contributed by atoms with Crippen molar-refractivity contribution in [1.82, 2.24) is 9.55 Å². The summed E-state index contributed by atoms with van der Waals surface area (Å²) in [7, 11) is -16.7. The van der Waals surface area contributed by atoms with E-state index < -0.39 is 59.8 Å². The van der Waals surface area contributed by atoms with Gasteiger partial charge in [0.2, 0.25) is 0 Å². The minimum absolute atomic E-state index is 0. The van der Waals surface area contributed by atoms with Crippen molar-refractivity contribution in [3.8, 4) is 11.8 Å². The van der Waals surface area contributed by atoms with Gasteiger partial charge in [0.05, 0.1) is 18.3 Å². The summed E-state index contributed by atoms with van der Waals surface area (Å²) in [5.74, 6) is 5.35. The number of nitrogens with one attached hydrogen (secondary N) is 1. The number of nitrogens with zero attached hydrogens (tertiary/aromatic N) is 1. The van der Waals surface area contributed by atoms with Crippen LogP contribution in [0.3, 0.4) is 0 Å². The number of aliphatic hydroxyl groups excluding tert-OH is 1. The molecule has 41 heavy (non-hydrogen) atoms. The maximum Gasteiger partial charge on any atom is 2.00 e. The number of phosphoric acid groups is 3. The second kappa shape index (κ2) is 14.8. The van der Waals surface area contributed by atoms with Gasteiger partial charge < -0.3 is 29.4 Å². The summed E-state index contributed by atoms with van der Waals surface area (Å²) in [6.45, 7) is -0.914. The first-order valence-corrected chi connectivity index (χ1v) is 15.5. The predicted octanol–water partition coefficient (Wildman–Crippen LogP) is 1.05. The first-order chi connectivity index (χ1) is 18.6. The van der Waals surface area contributed by atoms with Crippen LogP contribution in [0.1, 0.15) is 23.8 Å². The van der Waals surface area contributed by atoms with E-state index >= 15 is 0 Å². The van der Waals surface area contributed by atoms with Crippen molar-refractivity contribution >= 4 is 23.5 Å². The number of H-pyrrole nitrogens is 1. The Balaban J connectivity index is 0.000000883. The summed E-state index contributed by atoms with van der Waals surface area (Å²) in [5, 5.41) is 10.2. The van der Waals surface area contributed by atoms with E-state index in [-0.39, 0.29) is 29.1 Å². The Morgan fingerprint density at radius 1 is 1.02 bits per heavy atom. The largest absolute Gasteiger partial charge is 2.00 e. The van der Waals surface area contributed by atoms with Crippen molar-refractivity contribution in [2.45, 2.75) is 24.9 Å². The Bertz CT molecular complexity index is 1570. The van der Waals surface area contributed by atoms with E-state index in [4.69, 9.17) is 19.4 Å². The van der Waals surface area contributed by atoms with Crippen molar-refractivity contribution in [2.75, 3.05) is 6.61 Å². The van der Waals surface area contributed by atoms with Gasteiger partial charge in [0.15, 0.2) is 0 Å². The Morgan fingerprint density at radius 3 is 2.27 bits per heavy atom. The second-order valence-corrected chi connectivity index (χ2v) is 12.3. The third-order valence-corrected chi connectivity index (χ3v) is 8.66. The summed E-state index contributed by atoms with van der Waals surface area (Å²) in [5.41, 5.74) is -1.10. The molecule has 6 N–H and O–H groups in total. The fourth-order valence-corrected chi connectivity index (χ4v) is 6.24. The number of aliphatic hydroxyl groups is 1. The number of phosphoric ester groups is 1. The Labute approximate surface area is 242 Å². The van der Waals surface area contributed by atoms with Crippen molar-refractivity contribution < 1.29 is 73.3 Å². The van der Waals surface area contributed by atoms with Crippen molar-refractivity contribution in [3.05, 3.63) is 92.8 Å². The van der Waals surface area contributed by atoms with Crippen molar-refractivity contribution in [2.24, 2.45) is 0 Å². The molecule has 0 bridgehead atoms. The quantitative estimate of drug-likeness (QED) is 0.0846. The molecule has 2 heterocycles. The minimum Gasteiger partial charge on any atom is -0.390 e. The van der Waals surface area contributed by atoms with E-state index in [0.29, 0.717) is 5.56 Å². The molecule has 224 valence electrons. The van der Waals surface area contributed by atoms with Gasteiger partial charge in [0.1, 0.15) is 12.3 Å². The standard InChI is InChI=1S/C16H18N2O14P3.C5H5.Fe/c19-12-7-14(18-8-11(15(20)17-16(18)21)6-5-10-3-1-2-4-10)30-13(12)9-29-34(25,26)32-35(27,28)31-33(22,23)24;1-2-4-5-3-1;/h1-4,8,12-14,19H,7,9H2,(H,25,26)(H,27,28)(H,17,20,21)(H2,22,23,24);1-5H;/q2*-1;+2. The van der Waals surface area contributed by atoms with Crippen molar-refractivity contribution in [1.29, 1.82) is 0 Å². The summed E-state index contributed by atoms with van der Waals surface area (Å²) < 4.78 is 51.8. The molecule has 1 aliphatic rings. The van der Waals surface area contributed by atoms with Gasteiger partial charge >= 0.3 is 46.2 Å². The molecule has 0 aliphatic carbocycles. The van der Waals surface area contributed by atoms with Crippen LogP contribution in [0.15, 0.2) is 70.4 Å².